The lowest BCUT2D eigenvalue weighted by molar-refractivity contribution is -0.124. The summed E-state index contributed by atoms with van der Waals surface area (Å²) in [6, 6.07) is 9.74. The van der Waals surface area contributed by atoms with Crippen molar-refractivity contribution in [1.82, 2.24) is 5.32 Å². The smallest absolute Gasteiger partial charge is 0.236 e. The van der Waals surface area contributed by atoms with Crippen LogP contribution in [0, 0.1) is 0 Å². The highest BCUT2D eigenvalue weighted by Gasteiger charge is 2.37. The first-order valence-corrected chi connectivity index (χ1v) is 7.72. The third kappa shape index (κ3) is 3.74. The van der Waals surface area contributed by atoms with Crippen molar-refractivity contribution in [2.24, 2.45) is 0 Å². The number of rotatable bonds is 5. The van der Waals surface area contributed by atoms with E-state index in [1.54, 1.807) is 11.8 Å². The van der Waals surface area contributed by atoms with Gasteiger partial charge in [0.05, 0.1) is 17.4 Å². The Labute approximate surface area is 118 Å². The summed E-state index contributed by atoms with van der Waals surface area (Å²) in [5.41, 5.74) is 1.13. The molecule has 0 spiro atoms. The summed E-state index contributed by atoms with van der Waals surface area (Å²) in [6.45, 7) is 1.97. The van der Waals surface area contributed by atoms with Gasteiger partial charge in [0.25, 0.3) is 0 Å². The van der Waals surface area contributed by atoms with Crippen LogP contribution in [0.2, 0.25) is 0 Å². The summed E-state index contributed by atoms with van der Waals surface area (Å²) in [6.07, 6.45) is 2.69. The number of carbonyl (C=O) groups is 1. The fraction of sp³-hybridized carbons (Fsp3) is 0.533. The van der Waals surface area contributed by atoms with Crippen LogP contribution in [-0.2, 0) is 11.2 Å². The van der Waals surface area contributed by atoms with Crippen LogP contribution in [0.5, 0.6) is 0 Å². The number of thioether (sulfide) groups is 1. The molecule has 1 aromatic rings. The van der Waals surface area contributed by atoms with Crippen molar-refractivity contribution >= 4 is 17.7 Å². The quantitative estimate of drug-likeness (QED) is 0.866. The number of benzene rings is 1. The second-order valence-corrected chi connectivity index (χ2v) is 6.82. The average Bonchev–Trinajstić information content (AvgIpc) is 2.87. The van der Waals surface area contributed by atoms with Crippen molar-refractivity contribution in [1.29, 1.82) is 0 Å². The Morgan fingerprint density at radius 1 is 1.47 bits per heavy atom. The minimum atomic E-state index is -0.315. The van der Waals surface area contributed by atoms with Gasteiger partial charge in [-0.2, -0.15) is 0 Å². The summed E-state index contributed by atoms with van der Waals surface area (Å²) in [5.74, 6) is 1.11. The van der Waals surface area contributed by atoms with E-state index < -0.39 is 0 Å². The van der Waals surface area contributed by atoms with Crippen LogP contribution in [0.1, 0.15) is 25.3 Å². The molecule has 2 rings (SSSR count). The van der Waals surface area contributed by atoms with Crippen molar-refractivity contribution in [3.63, 3.8) is 0 Å². The van der Waals surface area contributed by atoms with Gasteiger partial charge in [0.2, 0.25) is 5.91 Å². The van der Waals surface area contributed by atoms with Crippen molar-refractivity contribution in [3.05, 3.63) is 35.9 Å². The summed E-state index contributed by atoms with van der Waals surface area (Å²) in [4.78, 5) is 12.3. The molecule has 4 heteroatoms. The largest absolute Gasteiger partial charge is 0.394 e. The molecule has 1 aliphatic rings. The summed E-state index contributed by atoms with van der Waals surface area (Å²) >= 11 is 1.72. The molecule has 2 N–H and O–H groups in total. The van der Waals surface area contributed by atoms with E-state index in [2.05, 4.69) is 5.32 Å². The molecule has 1 amide bonds. The Hall–Kier alpha value is -1.00. The first kappa shape index (κ1) is 14.4. The van der Waals surface area contributed by atoms with E-state index in [1.165, 1.54) is 0 Å². The molecular formula is C15H21NO2S. The Morgan fingerprint density at radius 2 is 2.21 bits per heavy atom. The van der Waals surface area contributed by atoms with E-state index in [0.717, 1.165) is 24.2 Å². The number of hydrogen-bond acceptors (Lipinski definition) is 3. The van der Waals surface area contributed by atoms with E-state index in [9.17, 15) is 9.90 Å². The highest BCUT2D eigenvalue weighted by Crippen LogP contribution is 2.37. The number of aliphatic hydroxyl groups is 1. The predicted octanol–water partition coefficient (Wildman–Crippen LogP) is 1.99. The molecule has 2 atom stereocenters. The molecule has 1 saturated heterocycles. The number of amides is 1. The van der Waals surface area contributed by atoms with Gasteiger partial charge in [0.15, 0.2) is 0 Å². The first-order chi connectivity index (χ1) is 9.14. The molecule has 1 aromatic carbocycles. The molecule has 104 valence electrons. The van der Waals surface area contributed by atoms with Crippen molar-refractivity contribution in [3.8, 4) is 0 Å². The van der Waals surface area contributed by atoms with Gasteiger partial charge in [-0.25, -0.2) is 0 Å². The van der Waals surface area contributed by atoms with E-state index in [4.69, 9.17) is 0 Å². The topological polar surface area (TPSA) is 49.3 Å². The summed E-state index contributed by atoms with van der Waals surface area (Å²) < 4.78 is -0.315. The molecule has 0 aromatic heterocycles. The van der Waals surface area contributed by atoms with Crippen LogP contribution in [-0.4, -0.2) is 34.2 Å². The van der Waals surface area contributed by atoms with Gasteiger partial charge in [-0.3, -0.25) is 4.79 Å². The third-order valence-corrected chi connectivity index (χ3v) is 5.10. The molecule has 1 aliphatic heterocycles. The zero-order valence-electron chi connectivity index (χ0n) is 11.3. The van der Waals surface area contributed by atoms with Crippen molar-refractivity contribution < 1.29 is 9.90 Å². The molecule has 0 bridgehead atoms. The zero-order chi connectivity index (χ0) is 13.7. The third-order valence-electron chi connectivity index (χ3n) is 3.58. The predicted molar refractivity (Wildman–Crippen MR) is 79.3 cm³/mol. The molecule has 1 heterocycles. The SMILES string of the molecule is CC1(C(=O)NC(CO)Cc2ccccc2)CCCS1. The minimum absolute atomic E-state index is 0.0264. The maximum Gasteiger partial charge on any atom is 0.236 e. The maximum atomic E-state index is 12.3. The normalized spacial score (nSPS) is 24.1. The van der Waals surface area contributed by atoms with Crippen LogP contribution in [0.15, 0.2) is 30.3 Å². The Morgan fingerprint density at radius 3 is 2.79 bits per heavy atom. The van der Waals surface area contributed by atoms with Crippen LogP contribution < -0.4 is 5.32 Å². The van der Waals surface area contributed by atoms with Crippen LogP contribution in [0.4, 0.5) is 0 Å². The number of nitrogens with one attached hydrogen (secondary N) is 1. The lowest BCUT2D eigenvalue weighted by Gasteiger charge is -2.25. The van der Waals surface area contributed by atoms with Crippen LogP contribution >= 0.6 is 11.8 Å². The Kier molecular flexibility index (Phi) is 4.88. The lowest BCUT2D eigenvalue weighted by Crippen LogP contribution is -2.47. The molecule has 0 radical (unpaired) electrons. The van der Waals surface area contributed by atoms with Crippen molar-refractivity contribution in [2.45, 2.75) is 37.0 Å². The lowest BCUT2D eigenvalue weighted by atomic mass is 10.0. The fourth-order valence-corrected chi connectivity index (χ4v) is 3.57. The molecule has 19 heavy (non-hydrogen) atoms. The van der Waals surface area contributed by atoms with Gasteiger partial charge < -0.3 is 10.4 Å². The number of carbonyl (C=O) groups excluding carboxylic acids is 1. The Balaban J connectivity index is 1.94. The molecular weight excluding hydrogens is 258 g/mol. The number of hydrogen-bond donors (Lipinski definition) is 2. The monoisotopic (exact) mass is 279 g/mol. The van der Waals surface area contributed by atoms with Gasteiger partial charge in [0, 0.05) is 0 Å². The van der Waals surface area contributed by atoms with Crippen molar-refractivity contribution in [2.75, 3.05) is 12.4 Å². The van der Waals surface area contributed by atoms with Gasteiger partial charge in [-0.15, -0.1) is 11.8 Å². The highest BCUT2D eigenvalue weighted by atomic mass is 32.2. The van der Waals surface area contributed by atoms with Gasteiger partial charge in [-0.05, 0) is 37.5 Å². The summed E-state index contributed by atoms with van der Waals surface area (Å²) in [7, 11) is 0. The van der Waals surface area contributed by atoms with E-state index in [0.29, 0.717) is 6.42 Å². The fourth-order valence-electron chi connectivity index (χ4n) is 2.36. The standard InChI is InChI=1S/C15H21NO2S/c1-15(8-5-9-19-15)14(18)16-13(11-17)10-12-6-3-2-4-7-12/h2-4,6-7,13,17H,5,8-11H2,1H3,(H,16,18). The summed E-state index contributed by atoms with van der Waals surface area (Å²) in [5, 5.41) is 12.4. The zero-order valence-corrected chi connectivity index (χ0v) is 12.1. The van der Waals surface area contributed by atoms with Gasteiger partial charge in [0.1, 0.15) is 0 Å². The van der Waals surface area contributed by atoms with E-state index in [1.807, 2.05) is 37.3 Å². The molecule has 0 aliphatic carbocycles. The highest BCUT2D eigenvalue weighted by molar-refractivity contribution is 8.01. The van der Waals surface area contributed by atoms with Gasteiger partial charge >= 0.3 is 0 Å². The van der Waals surface area contributed by atoms with E-state index >= 15 is 0 Å². The maximum absolute atomic E-state index is 12.3. The van der Waals surface area contributed by atoms with E-state index in [-0.39, 0.29) is 23.3 Å². The minimum Gasteiger partial charge on any atom is -0.394 e. The second kappa shape index (κ2) is 6.44. The first-order valence-electron chi connectivity index (χ1n) is 6.74. The molecule has 2 unspecified atom stereocenters. The Bertz CT molecular complexity index is 415. The molecule has 1 fully saturated rings. The average molecular weight is 279 g/mol. The second-order valence-electron chi connectivity index (χ2n) is 5.23. The van der Waals surface area contributed by atoms with Crippen LogP contribution in [0.3, 0.4) is 0 Å². The molecule has 0 saturated carbocycles. The van der Waals surface area contributed by atoms with Crippen LogP contribution in [0.25, 0.3) is 0 Å². The number of aliphatic hydroxyl groups excluding tert-OH is 1. The van der Waals surface area contributed by atoms with Gasteiger partial charge in [-0.1, -0.05) is 30.3 Å². The molecule has 3 nitrogen and oxygen atoms in total.